The summed E-state index contributed by atoms with van der Waals surface area (Å²) in [5.74, 6) is -2.11. The second-order valence-electron chi connectivity index (χ2n) is 4.20. The lowest BCUT2D eigenvalue weighted by atomic mass is 10.2. The lowest BCUT2D eigenvalue weighted by Gasteiger charge is -2.12. The standard InChI is InChI=1S/C13H10BrFN2O3S/c1-6(12-17-10(5-21-12)13(19)20)16-11(18)8-4-7(15)2-3-9(8)14/h2-6H,1H3,(H,16,18)(H,19,20). The number of hydrogen-bond acceptors (Lipinski definition) is 4. The van der Waals surface area contributed by atoms with Crippen LogP contribution in [-0.4, -0.2) is 22.0 Å². The average Bonchev–Trinajstić information content (AvgIpc) is 2.91. The number of aromatic nitrogens is 1. The molecule has 0 saturated carbocycles. The Morgan fingerprint density at radius 1 is 1.48 bits per heavy atom. The molecule has 0 spiro atoms. The van der Waals surface area contributed by atoms with E-state index in [-0.39, 0.29) is 11.3 Å². The van der Waals surface area contributed by atoms with Crippen LogP contribution >= 0.6 is 27.3 Å². The zero-order valence-corrected chi connectivity index (χ0v) is 13.2. The number of carbonyl (C=O) groups excluding carboxylic acids is 1. The van der Waals surface area contributed by atoms with Crippen molar-refractivity contribution in [3.63, 3.8) is 0 Å². The highest BCUT2D eigenvalue weighted by Gasteiger charge is 2.18. The van der Waals surface area contributed by atoms with Gasteiger partial charge in [-0.05, 0) is 41.1 Å². The number of nitrogens with zero attached hydrogens (tertiary/aromatic N) is 1. The van der Waals surface area contributed by atoms with E-state index in [1.165, 1.54) is 17.5 Å². The number of carboxylic acids is 1. The van der Waals surface area contributed by atoms with Crippen LogP contribution in [0.25, 0.3) is 0 Å². The van der Waals surface area contributed by atoms with Gasteiger partial charge in [0.15, 0.2) is 5.69 Å². The van der Waals surface area contributed by atoms with E-state index < -0.39 is 23.7 Å². The summed E-state index contributed by atoms with van der Waals surface area (Å²) in [6.07, 6.45) is 0. The van der Waals surface area contributed by atoms with Gasteiger partial charge < -0.3 is 10.4 Å². The topological polar surface area (TPSA) is 79.3 Å². The Balaban J connectivity index is 2.14. The average molecular weight is 373 g/mol. The molecule has 1 aromatic heterocycles. The Labute approximate surface area is 132 Å². The van der Waals surface area contributed by atoms with Crippen LogP contribution in [0.5, 0.6) is 0 Å². The molecule has 0 bridgehead atoms. The summed E-state index contributed by atoms with van der Waals surface area (Å²) in [4.78, 5) is 26.8. The van der Waals surface area contributed by atoms with Gasteiger partial charge in [-0.25, -0.2) is 14.2 Å². The minimum absolute atomic E-state index is 0.0666. The maximum absolute atomic E-state index is 13.2. The van der Waals surface area contributed by atoms with E-state index in [0.717, 1.165) is 17.4 Å². The quantitative estimate of drug-likeness (QED) is 0.863. The van der Waals surface area contributed by atoms with E-state index in [4.69, 9.17) is 5.11 Å². The third-order valence-electron chi connectivity index (χ3n) is 2.63. The molecule has 1 atom stereocenters. The van der Waals surface area contributed by atoms with Gasteiger partial charge in [-0.15, -0.1) is 11.3 Å². The van der Waals surface area contributed by atoms with Crippen molar-refractivity contribution < 1.29 is 19.1 Å². The van der Waals surface area contributed by atoms with Crippen LogP contribution in [0, 0.1) is 5.82 Å². The van der Waals surface area contributed by atoms with Crippen molar-refractivity contribution in [2.45, 2.75) is 13.0 Å². The number of carbonyl (C=O) groups is 2. The molecule has 0 aliphatic rings. The van der Waals surface area contributed by atoms with Crippen LogP contribution in [0.2, 0.25) is 0 Å². The van der Waals surface area contributed by atoms with Gasteiger partial charge in [-0.2, -0.15) is 0 Å². The number of hydrogen-bond donors (Lipinski definition) is 2. The number of thiazole rings is 1. The number of nitrogens with one attached hydrogen (secondary N) is 1. The van der Waals surface area contributed by atoms with Crippen molar-refractivity contribution in [2.75, 3.05) is 0 Å². The maximum atomic E-state index is 13.2. The summed E-state index contributed by atoms with van der Waals surface area (Å²) < 4.78 is 13.7. The first kappa shape index (κ1) is 15.6. The number of amides is 1. The van der Waals surface area contributed by atoms with Crippen LogP contribution in [0.15, 0.2) is 28.1 Å². The monoisotopic (exact) mass is 372 g/mol. The van der Waals surface area contributed by atoms with Gasteiger partial charge in [0.05, 0.1) is 11.6 Å². The van der Waals surface area contributed by atoms with Crippen molar-refractivity contribution in [1.29, 1.82) is 0 Å². The molecule has 110 valence electrons. The van der Waals surface area contributed by atoms with Gasteiger partial charge in [0.1, 0.15) is 10.8 Å². The van der Waals surface area contributed by atoms with Crippen molar-refractivity contribution >= 4 is 39.1 Å². The van der Waals surface area contributed by atoms with E-state index >= 15 is 0 Å². The van der Waals surface area contributed by atoms with Crippen molar-refractivity contribution in [3.8, 4) is 0 Å². The molecular formula is C13H10BrFN2O3S. The lowest BCUT2D eigenvalue weighted by molar-refractivity contribution is 0.0691. The van der Waals surface area contributed by atoms with Gasteiger partial charge in [0, 0.05) is 9.85 Å². The highest BCUT2D eigenvalue weighted by Crippen LogP contribution is 2.21. The third-order valence-corrected chi connectivity index (χ3v) is 4.35. The van der Waals surface area contributed by atoms with Gasteiger partial charge in [-0.1, -0.05) is 0 Å². The molecule has 1 amide bonds. The van der Waals surface area contributed by atoms with Crippen LogP contribution in [0.3, 0.4) is 0 Å². The Morgan fingerprint density at radius 3 is 2.81 bits per heavy atom. The van der Waals surface area contributed by atoms with Gasteiger partial charge in [-0.3, -0.25) is 4.79 Å². The second-order valence-corrected chi connectivity index (χ2v) is 5.94. The van der Waals surface area contributed by atoms with E-state index in [1.807, 2.05) is 0 Å². The number of benzene rings is 1. The Morgan fingerprint density at radius 2 is 2.19 bits per heavy atom. The molecule has 0 aliphatic carbocycles. The van der Waals surface area contributed by atoms with Crippen LogP contribution in [0.1, 0.15) is 38.8 Å². The molecule has 2 aromatic rings. The smallest absolute Gasteiger partial charge is 0.355 e. The first-order chi connectivity index (χ1) is 9.88. The first-order valence-corrected chi connectivity index (χ1v) is 7.50. The minimum atomic E-state index is -1.12. The van der Waals surface area contributed by atoms with E-state index in [1.54, 1.807) is 6.92 Å². The highest BCUT2D eigenvalue weighted by atomic mass is 79.9. The Bertz CT molecular complexity index is 704. The Kier molecular flexibility index (Phi) is 4.69. The predicted octanol–water partition coefficient (Wildman–Crippen LogP) is 3.23. The van der Waals surface area contributed by atoms with Gasteiger partial charge >= 0.3 is 5.97 Å². The molecule has 2 rings (SSSR count). The molecule has 1 aromatic carbocycles. The third kappa shape index (κ3) is 3.64. The fraction of sp³-hybridized carbons (Fsp3) is 0.154. The molecule has 1 heterocycles. The second kappa shape index (κ2) is 6.31. The molecule has 21 heavy (non-hydrogen) atoms. The highest BCUT2D eigenvalue weighted by molar-refractivity contribution is 9.10. The molecule has 0 aliphatic heterocycles. The van der Waals surface area contributed by atoms with Crippen molar-refractivity contribution in [1.82, 2.24) is 10.3 Å². The number of carboxylic acid groups (broad SMARTS) is 1. The van der Waals surface area contributed by atoms with Crippen molar-refractivity contribution in [2.24, 2.45) is 0 Å². The molecule has 2 N–H and O–H groups in total. The summed E-state index contributed by atoms with van der Waals surface area (Å²) in [5.41, 5.74) is 0.0971. The van der Waals surface area contributed by atoms with E-state index in [0.29, 0.717) is 9.48 Å². The molecular weight excluding hydrogens is 363 g/mol. The number of rotatable bonds is 4. The van der Waals surface area contributed by atoms with Crippen LogP contribution in [-0.2, 0) is 0 Å². The largest absolute Gasteiger partial charge is 0.476 e. The predicted molar refractivity (Wildman–Crippen MR) is 79.1 cm³/mol. The normalized spacial score (nSPS) is 12.0. The minimum Gasteiger partial charge on any atom is -0.476 e. The number of aromatic carboxylic acids is 1. The summed E-state index contributed by atoms with van der Waals surface area (Å²) >= 11 is 4.32. The summed E-state index contributed by atoms with van der Waals surface area (Å²) in [5, 5.41) is 13.3. The molecule has 5 nitrogen and oxygen atoms in total. The van der Waals surface area contributed by atoms with Crippen molar-refractivity contribution in [3.05, 3.63) is 50.1 Å². The molecule has 0 radical (unpaired) electrons. The fourth-order valence-corrected chi connectivity index (χ4v) is 2.82. The molecule has 8 heteroatoms. The van der Waals surface area contributed by atoms with E-state index in [2.05, 4.69) is 26.2 Å². The summed E-state index contributed by atoms with van der Waals surface area (Å²) in [7, 11) is 0. The molecule has 1 unspecified atom stereocenters. The Hall–Kier alpha value is -1.80. The van der Waals surface area contributed by atoms with Gasteiger partial charge in [0.25, 0.3) is 5.91 Å². The SMILES string of the molecule is CC(NC(=O)c1cc(F)ccc1Br)c1nc(C(=O)O)cs1. The molecule has 0 fully saturated rings. The van der Waals surface area contributed by atoms with Crippen LogP contribution in [0.4, 0.5) is 4.39 Å². The molecule has 0 saturated heterocycles. The fourth-order valence-electron chi connectivity index (χ4n) is 1.59. The zero-order valence-electron chi connectivity index (χ0n) is 10.8. The van der Waals surface area contributed by atoms with E-state index in [9.17, 15) is 14.0 Å². The maximum Gasteiger partial charge on any atom is 0.355 e. The summed E-state index contributed by atoms with van der Waals surface area (Å²) in [6.45, 7) is 1.68. The lowest BCUT2D eigenvalue weighted by Crippen LogP contribution is -2.27. The first-order valence-electron chi connectivity index (χ1n) is 5.83. The zero-order chi connectivity index (χ0) is 15.6. The van der Waals surface area contributed by atoms with Crippen LogP contribution < -0.4 is 5.32 Å². The number of halogens is 2. The van der Waals surface area contributed by atoms with Gasteiger partial charge in [0.2, 0.25) is 0 Å². The summed E-state index contributed by atoms with van der Waals surface area (Å²) in [6, 6.07) is 3.33.